The maximum absolute atomic E-state index is 12.7. The van der Waals surface area contributed by atoms with E-state index in [-0.39, 0.29) is 11.8 Å². The normalized spacial score (nSPS) is 14.9. The van der Waals surface area contributed by atoms with Crippen LogP contribution in [0.5, 0.6) is 0 Å². The van der Waals surface area contributed by atoms with Crippen molar-refractivity contribution in [1.29, 1.82) is 0 Å². The second-order valence-electron chi connectivity index (χ2n) is 8.50. The number of likely N-dealkylation sites (tertiary alicyclic amines) is 1. The molecule has 0 spiro atoms. The second-order valence-corrected chi connectivity index (χ2v) is 8.86. The van der Waals surface area contributed by atoms with Gasteiger partial charge < -0.3 is 9.73 Å². The number of pyridine rings is 1. The van der Waals surface area contributed by atoms with Gasteiger partial charge in [0.2, 0.25) is 16.5 Å². The van der Waals surface area contributed by atoms with Crippen LogP contribution in [0, 0.1) is 17.6 Å². The molecule has 0 unspecified atom stereocenters. The highest BCUT2D eigenvalue weighted by Gasteiger charge is 2.26. The third kappa shape index (κ3) is 4.71. The molecule has 1 fully saturated rings. The van der Waals surface area contributed by atoms with E-state index in [4.69, 9.17) is 21.7 Å². The van der Waals surface area contributed by atoms with Gasteiger partial charge in [-0.25, -0.2) is 9.67 Å². The maximum Gasteiger partial charge on any atom is 0.228 e. The first-order valence-corrected chi connectivity index (χ1v) is 11.7. The summed E-state index contributed by atoms with van der Waals surface area (Å²) in [5, 5.41) is 7.73. The van der Waals surface area contributed by atoms with Crippen molar-refractivity contribution in [3.63, 3.8) is 0 Å². The quantitative estimate of drug-likeness (QED) is 0.409. The second kappa shape index (κ2) is 9.74. The molecule has 1 aliphatic rings. The fraction of sp³-hybridized carbons (Fsp3) is 0.280. The summed E-state index contributed by atoms with van der Waals surface area (Å²) in [5.41, 5.74) is 2.00. The first-order chi connectivity index (χ1) is 16.6. The van der Waals surface area contributed by atoms with Crippen molar-refractivity contribution >= 4 is 23.9 Å². The number of carbonyl (C=O) groups is 1. The topological polar surface area (TPSA) is 81.1 Å². The van der Waals surface area contributed by atoms with Crippen LogP contribution in [0.15, 0.2) is 71.5 Å². The fourth-order valence-corrected chi connectivity index (χ4v) is 4.46. The number of aryl methyl sites for hydroxylation is 1. The summed E-state index contributed by atoms with van der Waals surface area (Å²) in [6.07, 6.45) is 4.94. The predicted molar refractivity (Wildman–Crippen MR) is 132 cm³/mol. The first kappa shape index (κ1) is 22.2. The Morgan fingerprint density at radius 1 is 1.12 bits per heavy atom. The van der Waals surface area contributed by atoms with E-state index < -0.39 is 0 Å². The number of piperidine rings is 1. The molecule has 0 saturated carbocycles. The Morgan fingerprint density at radius 2 is 1.91 bits per heavy atom. The zero-order chi connectivity index (χ0) is 23.5. The van der Waals surface area contributed by atoms with Crippen LogP contribution in [0.3, 0.4) is 0 Å². The molecule has 5 rings (SSSR count). The van der Waals surface area contributed by atoms with Gasteiger partial charge >= 0.3 is 0 Å². The Bertz CT molecular complexity index is 1300. The average Bonchev–Trinajstić information content (AvgIpc) is 3.50. The summed E-state index contributed by atoms with van der Waals surface area (Å²) in [4.78, 5) is 19.2. The molecule has 34 heavy (non-hydrogen) atoms. The van der Waals surface area contributed by atoms with Crippen LogP contribution in [0.2, 0.25) is 0 Å². The van der Waals surface area contributed by atoms with E-state index in [2.05, 4.69) is 15.2 Å². The summed E-state index contributed by atoms with van der Waals surface area (Å²) < 4.78 is 9.99. The number of carbonyl (C=O) groups excluding carboxylic acids is 1. The van der Waals surface area contributed by atoms with E-state index >= 15 is 0 Å². The Kier molecular flexibility index (Phi) is 6.37. The third-order valence-electron chi connectivity index (χ3n) is 6.05. The number of hydrogen-bond donors (Lipinski definition) is 1. The zero-order valence-electron chi connectivity index (χ0n) is 18.9. The highest BCUT2D eigenvalue weighted by Crippen LogP contribution is 2.24. The molecule has 8 nitrogen and oxygen atoms in total. The lowest BCUT2D eigenvalue weighted by atomic mass is 9.96. The Morgan fingerprint density at radius 3 is 2.59 bits per heavy atom. The summed E-state index contributed by atoms with van der Waals surface area (Å²) in [6, 6.07) is 17.4. The van der Waals surface area contributed by atoms with E-state index in [0.29, 0.717) is 28.8 Å². The van der Waals surface area contributed by atoms with Crippen LogP contribution in [-0.4, -0.2) is 43.2 Å². The highest BCUT2D eigenvalue weighted by molar-refractivity contribution is 7.71. The van der Waals surface area contributed by atoms with E-state index in [1.807, 2.05) is 70.8 Å². The number of hydrogen-bond acceptors (Lipinski definition) is 6. The third-order valence-corrected chi connectivity index (χ3v) is 6.44. The summed E-state index contributed by atoms with van der Waals surface area (Å²) >= 11 is 5.81. The number of para-hydroxylation sites is 1. The molecule has 0 radical (unpaired) electrons. The number of anilines is 1. The van der Waals surface area contributed by atoms with E-state index in [1.165, 1.54) is 0 Å². The van der Waals surface area contributed by atoms with Gasteiger partial charge in [0.1, 0.15) is 5.82 Å². The summed E-state index contributed by atoms with van der Waals surface area (Å²) in [7, 11) is 0. The zero-order valence-corrected chi connectivity index (χ0v) is 19.7. The number of furan rings is 1. The van der Waals surface area contributed by atoms with Crippen molar-refractivity contribution in [2.45, 2.75) is 26.4 Å². The van der Waals surface area contributed by atoms with Crippen LogP contribution in [0.25, 0.3) is 17.3 Å². The smallest absolute Gasteiger partial charge is 0.228 e. The Labute approximate surface area is 202 Å². The number of nitrogens with zero attached hydrogens (tertiary/aromatic N) is 5. The number of nitrogens with one attached hydrogen (secondary N) is 1. The monoisotopic (exact) mass is 474 g/mol. The first-order valence-electron chi connectivity index (χ1n) is 11.3. The van der Waals surface area contributed by atoms with Gasteiger partial charge in [0.25, 0.3) is 0 Å². The molecule has 0 bridgehead atoms. The lowest BCUT2D eigenvalue weighted by Crippen LogP contribution is -2.39. The molecule has 3 aromatic heterocycles. The number of aromatic nitrogens is 4. The minimum absolute atomic E-state index is 0.0288. The number of amides is 1. The van der Waals surface area contributed by atoms with Crippen molar-refractivity contribution in [3.05, 3.63) is 77.4 Å². The van der Waals surface area contributed by atoms with Gasteiger partial charge in [-0.3, -0.25) is 14.3 Å². The van der Waals surface area contributed by atoms with Crippen LogP contribution in [0.4, 0.5) is 5.82 Å². The molecular formula is C25H26N6O2S. The van der Waals surface area contributed by atoms with Gasteiger partial charge in [0, 0.05) is 25.2 Å². The van der Waals surface area contributed by atoms with Gasteiger partial charge in [-0.15, -0.1) is 5.10 Å². The lowest BCUT2D eigenvalue weighted by Gasteiger charge is -2.30. The Hall–Kier alpha value is -3.56. The van der Waals surface area contributed by atoms with Crippen LogP contribution >= 0.6 is 12.2 Å². The van der Waals surface area contributed by atoms with Gasteiger partial charge in [-0.05, 0) is 67.9 Å². The average molecular weight is 475 g/mol. The highest BCUT2D eigenvalue weighted by atomic mass is 32.1. The number of benzene rings is 1. The lowest BCUT2D eigenvalue weighted by molar-refractivity contribution is -0.121. The van der Waals surface area contributed by atoms with E-state index in [0.717, 1.165) is 37.2 Å². The van der Waals surface area contributed by atoms with Crippen molar-refractivity contribution in [2.75, 3.05) is 18.4 Å². The Balaban J connectivity index is 1.28. The van der Waals surface area contributed by atoms with Crippen molar-refractivity contribution in [2.24, 2.45) is 5.92 Å². The van der Waals surface area contributed by atoms with Gasteiger partial charge in [0.15, 0.2) is 5.76 Å². The standard InChI is InChI=1S/C25H26N6O2S/c1-18-9-10-22(26-16-18)27-24(32)19-11-13-29(14-12-19)17-30-25(34)31(20-6-3-2-4-7-20)23(28-30)21-8-5-15-33-21/h2-10,15-16,19H,11-14,17H2,1H3,(H,26,27,32). The SMILES string of the molecule is Cc1ccc(NC(=O)C2CCN(Cn3nc(-c4ccco4)n(-c4ccccc4)c3=S)CC2)nc1. The van der Waals surface area contributed by atoms with Crippen molar-refractivity contribution in [1.82, 2.24) is 24.2 Å². The van der Waals surface area contributed by atoms with Crippen LogP contribution in [0.1, 0.15) is 18.4 Å². The van der Waals surface area contributed by atoms with Gasteiger partial charge in [-0.1, -0.05) is 24.3 Å². The number of rotatable bonds is 6. The molecule has 4 heterocycles. The summed E-state index contributed by atoms with van der Waals surface area (Å²) in [5.74, 6) is 1.92. The van der Waals surface area contributed by atoms with Crippen LogP contribution < -0.4 is 5.32 Å². The van der Waals surface area contributed by atoms with E-state index in [1.54, 1.807) is 12.5 Å². The molecule has 1 N–H and O–H groups in total. The molecule has 9 heteroatoms. The van der Waals surface area contributed by atoms with Gasteiger partial charge in [-0.2, -0.15) is 0 Å². The molecule has 0 aliphatic carbocycles. The van der Waals surface area contributed by atoms with Crippen LogP contribution in [-0.2, 0) is 11.5 Å². The molecule has 4 aromatic rings. The maximum atomic E-state index is 12.7. The summed E-state index contributed by atoms with van der Waals surface area (Å²) in [6.45, 7) is 4.10. The van der Waals surface area contributed by atoms with E-state index in [9.17, 15) is 4.79 Å². The molecular weight excluding hydrogens is 448 g/mol. The van der Waals surface area contributed by atoms with Crippen molar-refractivity contribution in [3.8, 4) is 17.3 Å². The molecule has 1 aliphatic heterocycles. The molecule has 1 saturated heterocycles. The fourth-order valence-electron chi connectivity index (χ4n) is 4.17. The molecule has 174 valence electrons. The molecule has 1 aromatic carbocycles. The van der Waals surface area contributed by atoms with Crippen molar-refractivity contribution < 1.29 is 9.21 Å². The predicted octanol–water partition coefficient (Wildman–Crippen LogP) is 4.67. The van der Waals surface area contributed by atoms with Gasteiger partial charge in [0.05, 0.1) is 18.6 Å². The minimum Gasteiger partial charge on any atom is -0.461 e. The molecule has 0 atom stereocenters. The molecule has 1 amide bonds. The largest absolute Gasteiger partial charge is 0.461 e. The minimum atomic E-state index is -0.0344.